The molecule has 0 radical (unpaired) electrons. The van der Waals surface area contributed by atoms with Gasteiger partial charge in [0, 0.05) is 11.6 Å². The largest absolute Gasteiger partial charge is 0.497 e. The number of hydrogen-bond donors (Lipinski definition) is 1. The van der Waals surface area contributed by atoms with Crippen LogP contribution in [0.15, 0.2) is 80.1 Å². The van der Waals surface area contributed by atoms with Crippen molar-refractivity contribution in [1.29, 1.82) is 0 Å². The van der Waals surface area contributed by atoms with E-state index in [1.807, 2.05) is 0 Å². The maximum absolute atomic E-state index is 13.7. The molecule has 0 spiro atoms. The van der Waals surface area contributed by atoms with E-state index in [9.17, 15) is 19.5 Å². The number of allylic oxidation sites excluding steroid dienone is 1. The first-order chi connectivity index (χ1) is 19.2. The molecule has 0 saturated heterocycles. The lowest BCUT2D eigenvalue weighted by Gasteiger charge is -2.24. The van der Waals surface area contributed by atoms with Crippen LogP contribution in [0.1, 0.15) is 41.6 Å². The average molecular weight is 579 g/mol. The molecule has 5 rings (SSSR count). The summed E-state index contributed by atoms with van der Waals surface area (Å²) in [5, 5.41) is 9.30. The Morgan fingerprint density at radius 3 is 2.58 bits per heavy atom. The molecular formula is C29H23ClN2O7S. The second kappa shape index (κ2) is 11.0. The molecule has 1 aliphatic rings. The van der Waals surface area contributed by atoms with E-state index in [0.717, 1.165) is 0 Å². The zero-order valence-corrected chi connectivity index (χ0v) is 23.2. The first kappa shape index (κ1) is 27.2. The van der Waals surface area contributed by atoms with Gasteiger partial charge in [-0.1, -0.05) is 41.1 Å². The van der Waals surface area contributed by atoms with Gasteiger partial charge < -0.3 is 19.0 Å². The van der Waals surface area contributed by atoms with Gasteiger partial charge in [-0.3, -0.25) is 9.36 Å². The highest BCUT2D eigenvalue weighted by atomic mass is 35.5. The van der Waals surface area contributed by atoms with E-state index in [2.05, 4.69) is 4.99 Å². The molecule has 1 aliphatic heterocycles. The van der Waals surface area contributed by atoms with Crippen LogP contribution in [-0.4, -0.2) is 35.3 Å². The maximum Gasteiger partial charge on any atom is 0.338 e. The van der Waals surface area contributed by atoms with E-state index in [0.29, 0.717) is 43.4 Å². The second-order valence-corrected chi connectivity index (χ2v) is 10.2. The van der Waals surface area contributed by atoms with Crippen LogP contribution in [0, 0.1) is 0 Å². The van der Waals surface area contributed by atoms with Gasteiger partial charge in [0.15, 0.2) is 4.80 Å². The van der Waals surface area contributed by atoms with Crippen molar-refractivity contribution in [2.75, 3.05) is 13.7 Å². The highest BCUT2D eigenvalue weighted by molar-refractivity contribution is 7.07. The van der Waals surface area contributed by atoms with Crippen LogP contribution in [0.25, 0.3) is 17.4 Å². The molecule has 3 heterocycles. The van der Waals surface area contributed by atoms with Crippen LogP contribution in [0.4, 0.5) is 0 Å². The molecule has 9 nitrogen and oxygen atoms in total. The Morgan fingerprint density at radius 2 is 1.93 bits per heavy atom. The molecule has 0 saturated carbocycles. The summed E-state index contributed by atoms with van der Waals surface area (Å²) in [6.07, 6.45) is 1.61. The smallest absolute Gasteiger partial charge is 0.338 e. The number of esters is 1. The summed E-state index contributed by atoms with van der Waals surface area (Å²) in [5.41, 5.74) is 1.69. The van der Waals surface area contributed by atoms with Crippen molar-refractivity contribution in [1.82, 2.24) is 4.57 Å². The highest BCUT2D eigenvalue weighted by Gasteiger charge is 2.33. The number of methoxy groups -OCH3 is 1. The fourth-order valence-electron chi connectivity index (χ4n) is 4.45. The number of rotatable bonds is 7. The third kappa shape index (κ3) is 4.99. The molecular weight excluding hydrogens is 556 g/mol. The molecule has 4 aromatic rings. The molecule has 0 fully saturated rings. The van der Waals surface area contributed by atoms with Crippen molar-refractivity contribution < 1.29 is 28.6 Å². The molecule has 1 atom stereocenters. The number of benzene rings is 2. The molecule has 0 unspecified atom stereocenters. The Balaban J connectivity index is 1.59. The van der Waals surface area contributed by atoms with E-state index < -0.39 is 18.0 Å². The quantitative estimate of drug-likeness (QED) is 0.322. The Kier molecular flexibility index (Phi) is 7.46. The fraction of sp³-hybridized carbons (Fsp3) is 0.172. The van der Waals surface area contributed by atoms with E-state index in [4.69, 9.17) is 25.5 Å². The predicted octanol–water partition coefficient (Wildman–Crippen LogP) is 4.42. The number of aromatic nitrogens is 1. The molecule has 2 aromatic heterocycles. The average Bonchev–Trinajstić information content (AvgIpc) is 3.52. The van der Waals surface area contributed by atoms with Crippen LogP contribution >= 0.6 is 22.9 Å². The minimum Gasteiger partial charge on any atom is -0.497 e. The summed E-state index contributed by atoms with van der Waals surface area (Å²) in [5.74, 6) is -0.166. The molecule has 0 amide bonds. The molecule has 2 aromatic carbocycles. The highest BCUT2D eigenvalue weighted by Crippen LogP contribution is 2.32. The van der Waals surface area contributed by atoms with Gasteiger partial charge in [0.05, 0.1) is 46.1 Å². The third-order valence-electron chi connectivity index (χ3n) is 6.33. The van der Waals surface area contributed by atoms with Crippen molar-refractivity contribution in [2.24, 2.45) is 4.99 Å². The minimum atomic E-state index is -1.12. The normalized spacial score (nSPS) is 15.0. The number of ether oxygens (including phenoxy) is 2. The van der Waals surface area contributed by atoms with Gasteiger partial charge in [0.1, 0.15) is 17.3 Å². The molecule has 0 bridgehead atoms. The second-order valence-electron chi connectivity index (χ2n) is 8.78. The zero-order chi connectivity index (χ0) is 28.6. The van der Waals surface area contributed by atoms with Crippen LogP contribution in [0.2, 0.25) is 5.02 Å². The van der Waals surface area contributed by atoms with Gasteiger partial charge in [-0.25, -0.2) is 14.6 Å². The number of carboxylic acids is 1. The lowest BCUT2D eigenvalue weighted by molar-refractivity contribution is -0.139. The number of aromatic carboxylic acids is 1. The topological polar surface area (TPSA) is 120 Å². The van der Waals surface area contributed by atoms with Crippen molar-refractivity contribution in [3.8, 4) is 17.1 Å². The molecule has 1 N–H and O–H groups in total. The Labute approximate surface area is 236 Å². The Bertz CT molecular complexity index is 1850. The monoisotopic (exact) mass is 578 g/mol. The number of thiazole rings is 1. The Hall–Kier alpha value is -4.41. The number of fused-ring (bicyclic) bond motifs is 1. The Morgan fingerprint density at radius 1 is 1.18 bits per heavy atom. The van der Waals surface area contributed by atoms with Crippen LogP contribution in [0.5, 0.6) is 5.75 Å². The first-order valence-electron chi connectivity index (χ1n) is 12.2. The first-order valence-corrected chi connectivity index (χ1v) is 13.4. The number of hydrogen-bond acceptors (Lipinski definition) is 8. The lowest BCUT2D eigenvalue weighted by Crippen LogP contribution is -2.39. The SMILES string of the molecule is CCOC(=O)C1=C(C)N=c2s/c(=C\c3ccc(-c4ccc(C(=O)O)c(Cl)c4)o3)c(=O)n2[C@@H]1c1ccc(OC)cc1. The van der Waals surface area contributed by atoms with E-state index in [-0.39, 0.29) is 28.3 Å². The zero-order valence-electron chi connectivity index (χ0n) is 21.6. The lowest BCUT2D eigenvalue weighted by atomic mass is 9.96. The summed E-state index contributed by atoms with van der Waals surface area (Å²) in [4.78, 5) is 43.0. The summed E-state index contributed by atoms with van der Waals surface area (Å²) in [6, 6.07) is 14.3. The van der Waals surface area contributed by atoms with Crippen LogP contribution in [-0.2, 0) is 9.53 Å². The van der Waals surface area contributed by atoms with Gasteiger partial charge >= 0.3 is 11.9 Å². The summed E-state index contributed by atoms with van der Waals surface area (Å²) >= 11 is 7.29. The predicted molar refractivity (Wildman–Crippen MR) is 150 cm³/mol. The fourth-order valence-corrected chi connectivity index (χ4v) is 5.74. The third-order valence-corrected chi connectivity index (χ3v) is 7.63. The maximum atomic E-state index is 13.7. The van der Waals surface area contributed by atoms with Crippen molar-refractivity contribution >= 4 is 41.0 Å². The number of furan rings is 1. The van der Waals surface area contributed by atoms with Crippen molar-refractivity contribution in [2.45, 2.75) is 19.9 Å². The number of carbonyl (C=O) groups is 2. The summed E-state index contributed by atoms with van der Waals surface area (Å²) in [7, 11) is 1.56. The van der Waals surface area contributed by atoms with Crippen LogP contribution in [0.3, 0.4) is 0 Å². The summed E-state index contributed by atoms with van der Waals surface area (Å²) in [6.45, 7) is 3.62. The molecule has 0 aliphatic carbocycles. The van der Waals surface area contributed by atoms with Gasteiger partial charge in [-0.05, 0) is 55.8 Å². The van der Waals surface area contributed by atoms with Gasteiger partial charge in [-0.2, -0.15) is 0 Å². The standard InChI is InChI=1S/C29H23ClN2O7S/c1-4-38-28(36)24-15(2)31-29-32(25(24)16-5-8-18(37-3)9-6-16)26(33)23(40-29)14-19-10-12-22(39-19)17-7-11-20(27(34)35)21(30)13-17/h5-14,25H,4H2,1-3H3,(H,34,35)/b23-14-/t25-/m1/s1. The van der Waals surface area contributed by atoms with Gasteiger partial charge in [0.25, 0.3) is 5.56 Å². The summed E-state index contributed by atoms with van der Waals surface area (Å²) < 4.78 is 18.4. The van der Waals surface area contributed by atoms with Crippen LogP contribution < -0.4 is 19.6 Å². The van der Waals surface area contributed by atoms with E-state index >= 15 is 0 Å². The van der Waals surface area contributed by atoms with E-state index in [1.165, 1.54) is 28.0 Å². The number of carbonyl (C=O) groups excluding carboxylic acids is 1. The van der Waals surface area contributed by atoms with Crippen molar-refractivity contribution in [3.63, 3.8) is 0 Å². The van der Waals surface area contributed by atoms with E-state index in [1.54, 1.807) is 69.5 Å². The minimum absolute atomic E-state index is 0.0119. The number of nitrogens with zero attached hydrogens (tertiary/aromatic N) is 2. The van der Waals surface area contributed by atoms with Gasteiger partial charge in [0.2, 0.25) is 0 Å². The molecule has 204 valence electrons. The molecule has 40 heavy (non-hydrogen) atoms. The molecule has 11 heteroatoms. The number of halogens is 1. The van der Waals surface area contributed by atoms with Gasteiger partial charge in [-0.15, -0.1) is 0 Å². The van der Waals surface area contributed by atoms with Crippen molar-refractivity contribution in [3.05, 3.63) is 107 Å². The number of carboxylic acid groups (broad SMARTS) is 1.